The third-order valence-corrected chi connectivity index (χ3v) is 4.66. The van der Waals surface area contributed by atoms with Gasteiger partial charge in [0.15, 0.2) is 5.69 Å². The van der Waals surface area contributed by atoms with Crippen LogP contribution in [0.15, 0.2) is 73.2 Å². The molecule has 0 atom stereocenters. The van der Waals surface area contributed by atoms with Gasteiger partial charge >= 0.3 is 6.18 Å². The van der Waals surface area contributed by atoms with E-state index >= 15 is 0 Å². The highest BCUT2D eigenvalue weighted by Crippen LogP contribution is 2.34. The van der Waals surface area contributed by atoms with Gasteiger partial charge in [0, 0.05) is 23.1 Å². The predicted molar refractivity (Wildman–Crippen MR) is 109 cm³/mol. The fourth-order valence-corrected chi connectivity index (χ4v) is 3.30. The number of aromatic nitrogens is 4. The van der Waals surface area contributed by atoms with Gasteiger partial charge in [-0.05, 0) is 42.0 Å². The van der Waals surface area contributed by atoms with Crippen molar-refractivity contribution in [3.05, 3.63) is 95.0 Å². The van der Waals surface area contributed by atoms with Gasteiger partial charge in [-0.2, -0.15) is 23.4 Å². The quantitative estimate of drug-likeness (QED) is 0.468. The van der Waals surface area contributed by atoms with Crippen LogP contribution in [0.5, 0.6) is 0 Å². The molecule has 0 unspecified atom stereocenters. The van der Waals surface area contributed by atoms with Crippen molar-refractivity contribution in [3.63, 3.8) is 0 Å². The Morgan fingerprint density at radius 3 is 2.58 bits per heavy atom. The van der Waals surface area contributed by atoms with E-state index in [9.17, 15) is 18.0 Å². The molecule has 4 aromatic rings. The van der Waals surface area contributed by atoms with Crippen molar-refractivity contribution in [1.82, 2.24) is 19.6 Å². The van der Waals surface area contributed by atoms with Crippen LogP contribution in [-0.2, 0) is 12.7 Å². The van der Waals surface area contributed by atoms with Gasteiger partial charge in [-0.25, -0.2) is 4.68 Å². The standard InChI is InChI=1S/C21H15ClF3N5O/c22-15-5-2-7-17(11-15)30-19(21(23,24)25)18(12-27-30)20(31)28-16-6-1-4-14(10-16)13-29-9-3-8-26-29/h1-12H,13H2,(H,28,31). The Kier molecular flexibility index (Phi) is 5.51. The van der Waals surface area contributed by atoms with Crippen LogP contribution in [0.1, 0.15) is 21.6 Å². The average molecular weight is 446 g/mol. The van der Waals surface area contributed by atoms with Gasteiger partial charge in [0.25, 0.3) is 5.91 Å². The molecule has 0 aliphatic rings. The summed E-state index contributed by atoms with van der Waals surface area (Å²) < 4.78 is 43.8. The van der Waals surface area contributed by atoms with Gasteiger partial charge in [0.1, 0.15) is 0 Å². The molecule has 0 bridgehead atoms. The summed E-state index contributed by atoms with van der Waals surface area (Å²) in [6, 6.07) is 14.4. The van der Waals surface area contributed by atoms with Gasteiger partial charge in [0.2, 0.25) is 0 Å². The topological polar surface area (TPSA) is 64.7 Å². The lowest BCUT2D eigenvalue weighted by molar-refractivity contribution is -0.143. The van der Waals surface area contributed by atoms with Crippen molar-refractivity contribution < 1.29 is 18.0 Å². The maximum absolute atomic E-state index is 13.8. The average Bonchev–Trinajstić information content (AvgIpc) is 3.37. The minimum Gasteiger partial charge on any atom is -0.322 e. The van der Waals surface area contributed by atoms with Crippen LogP contribution >= 0.6 is 11.6 Å². The first-order valence-electron chi connectivity index (χ1n) is 9.10. The number of carbonyl (C=O) groups excluding carboxylic acids is 1. The van der Waals surface area contributed by atoms with E-state index in [1.54, 1.807) is 41.3 Å². The Bertz CT molecular complexity index is 1220. The zero-order chi connectivity index (χ0) is 22.0. The molecule has 0 aliphatic carbocycles. The van der Waals surface area contributed by atoms with Crippen LogP contribution in [0.4, 0.5) is 18.9 Å². The van der Waals surface area contributed by atoms with E-state index in [0.717, 1.165) is 11.8 Å². The Morgan fingerprint density at radius 2 is 1.87 bits per heavy atom. The lowest BCUT2D eigenvalue weighted by Crippen LogP contribution is -2.20. The normalized spacial score (nSPS) is 11.5. The molecular weight excluding hydrogens is 431 g/mol. The third-order valence-electron chi connectivity index (χ3n) is 4.42. The molecule has 2 heterocycles. The molecule has 10 heteroatoms. The van der Waals surface area contributed by atoms with Crippen molar-refractivity contribution in [2.45, 2.75) is 12.7 Å². The van der Waals surface area contributed by atoms with Gasteiger partial charge in [-0.1, -0.05) is 29.8 Å². The first-order valence-corrected chi connectivity index (χ1v) is 9.48. The van der Waals surface area contributed by atoms with Gasteiger partial charge < -0.3 is 5.32 Å². The first kappa shape index (κ1) is 20.7. The number of amides is 1. The highest BCUT2D eigenvalue weighted by molar-refractivity contribution is 6.30. The number of carbonyl (C=O) groups is 1. The molecular formula is C21H15ClF3N5O. The van der Waals surface area contributed by atoms with E-state index in [-0.39, 0.29) is 10.7 Å². The number of anilines is 1. The monoisotopic (exact) mass is 445 g/mol. The fraction of sp³-hybridized carbons (Fsp3) is 0.0952. The van der Waals surface area contributed by atoms with Crippen LogP contribution in [0.25, 0.3) is 5.69 Å². The maximum atomic E-state index is 13.8. The van der Waals surface area contributed by atoms with E-state index in [4.69, 9.17) is 11.6 Å². The zero-order valence-electron chi connectivity index (χ0n) is 15.8. The maximum Gasteiger partial charge on any atom is 0.434 e. The Balaban J connectivity index is 1.63. The summed E-state index contributed by atoms with van der Waals surface area (Å²) in [5.74, 6) is -0.920. The number of nitrogens with zero attached hydrogens (tertiary/aromatic N) is 4. The van der Waals surface area contributed by atoms with E-state index in [1.165, 1.54) is 24.3 Å². The second-order valence-electron chi connectivity index (χ2n) is 6.65. The Labute approximate surface area is 179 Å². The smallest absolute Gasteiger partial charge is 0.322 e. The summed E-state index contributed by atoms with van der Waals surface area (Å²) in [6.45, 7) is 0.456. The first-order chi connectivity index (χ1) is 14.8. The van der Waals surface area contributed by atoms with Crippen molar-refractivity contribution in [1.29, 1.82) is 0 Å². The van der Waals surface area contributed by atoms with Gasteiger partial charge in [0.05, 0.1) is 24.0 Å². The molecule has 0 spiro atoms. The van der Waals surface area contributed by atoms with Crippen LogP contribution < -0.4 is 5.32 Å². The number of hydrogen-bond acceptors (Lipinski definition) is 3. The summed E-state index contributed by atoms with van der Waals surface area (Å²) in [5, 5.41) is 10.7. The Hall–Kier alpha value is -3.59. The molecule has 158 valence electrons. The molecule has 2 aromatic carbocycles. The van der Waals surface area contributed by atoms with E-state index in [2.05, 4.69) is 15.5 Å². The van der Waals surface area contributed by atoms with E-state index in [1.807, 2.05) is 6.07 Å². The summed E-state index contributed by atoms with van der Waals surface area (Å²) in [6.07, 6.45) is -0.493. The molecule has 0 aliphatic heterocycles. The molecule has 2 aromatic heterocycles. The molecule has 6 nitrogen and oxygen atoms in total. The number of nitrogens with one attached hydrogen (secondary N) is 1. The second-order valence-corrected chi connectivity index (χ2v) is 7.09. The fourth-order valence-electron chi connectivity index (χ4n) is 3.12. The van der Waals surface area contributed by atoms with Crippen LogP contribution in [-0.4, -0.2) is 25.5 Å². The molecule has 4 rings (SSSR count). The number of alkyl halides is 3. The molecule has 0 saturated carbocycles. The van der Waals surface area contributed by atoms with Gasteiger partial charge in [-0.15, -0.1) is 0 Å². The van der Waals surface area contributed by atoms with Crippen LogP contribution in [0, 0.1) is 0 Å². The molecule has 0 fully saturated rings. The van der Waals surface area contributed by atoms with Crippen LogP contribution in [0.3, 0.4) is 0 Å². The minimum absolute atomic E-state index is 0.0973. The summed E-state index contributed by atoms with van der Waals surface area (Å²) in [5.41, 5.74) is -0.490. The lowest BCUT2D eigenvalue weighted by atomic mass is 10.1. The lowest BCUT2D eigenvalue weighted by Gasteiger charge is -2.13. The van der Waals surface area contributed by atoms with Crippen molar-refractivity contribution in [2.75, 3.05) is 5.32 Å². The summed E-state index contributed by atoms with van der Waals surface area (Å²) >= 11 is 5.90. The SMILES string of the molecule is O=C(Nc1cccc(Cn2cccn2)c1)c1cnn(-c2cccc(Cl)c2)c1C(F)(F)F. The predicted octanol–water partition coefficient (Wildman–Crippen LogP) is 5.04. The number of rotatable bonds is 5. The third kappa shape index (κ3) is 4.61. The zero-order valence-corrected chi connectivity index (χ0v) is 16.6. The molecule has 1 amide bonds. The van der Waals surface area contributed by atoms with Crippen molar-refractivity contribution in [3.8, 4) is 5.69 Å². The highest BCUT2D eigenvalue weighted by Gasteiger charge is 2.40. The molecule has 0 saturated heterocycles. The minimum atomic E-state index is -4.81. The summed E-state index contributed by atoms with van der Waals surface area (Å²) in [4.78, 5) is 12.7. The Morgan fingerprint density at radius 1 is 1.06 bits per heavy atom. The largest absolute Gasteiger partial charge is 0.434 e. The number of benzene rings is 2. The van der Waals surface area contributed by atoms with Crippen LogP contribution in [0.2, 0.25) is 5.02 Å². The van der Waals surface area contributed by atoms with Crippen molar-refractivity contribution >= 4 is 23.2 Å². The molecule has 0 radical (unpaired) electrons. The van der Waals surface area contributed by atoms with E-state index < -0.39 is 23.3 Å². The van der Waals surface area contributed by atoms with Gasteiger partial charge in [-0.3, -0.25) is 9.48 Å². The molecule has 1 N–H and O–H groups in total. The number of halogens is 4. The van der Waals surface area contributed by atoms with Crippen molar-refractivity contribution in [2.24, 2.45) is 0 Å². The van der Waals surface area contributed by atoms with E-state index in [0.29, 0.717) is 16.9 Å². The highest BCUT2D eigenvalue weighted by atomic mass is 35.5. The number of hydrogen-bond donors (Lipinski definition) is 1. The molecule has 31 heavy (non-hydrogen) atoms. The second kappa shape index (κ2) is 8.27. The summed E-state index contributed by atoms with van der Waals surface area (Å²) in [7, 11) is 0.